The maximum atomic E-state index is 13.6. The molecule has 1 aromatic carbocycles. The Morgan fingerprint density at radius 3 is 2.70 bits per heavy atom. The van der Waals surface area contributed by atoms with Crippen molar-refractivity contribution < 1.29 is 18.8 Å². The van der Waals surface area contributed by atoms with Gasteiger partial charge in [-0.1, -0.05) is 12.1 Å². The van der Waals surface area contributed by atoms with Gasteiger partial charge >= 0.3 is 11.6 Å². The van der Waals surface area contributed by atoms with Crippen molar-refractivity contribution in [3.8, 4) is 11.6 Å². The molecule has 0 saturated carbocycles. The van der Waals surface area contributed by atoms with Gasteiger partial charge in [0.05, 0.1) is 16.7 Å². The number of hydrogen-bond acceptors (Lipinski definition) is 8. The van der Waals surface area contributed by atoms with Crippen LogP contribution in [0.15, 0.2) is 55.1 Å². The number of benzene rings is 1. The average molecular weight is 370 g/mol. The first-order chi connectivity index (χ1) is 13.1. The third kappa shape index (κ3) is 4.10. The van der Waals surface area contributed by atoms with Crippen molar-refractivity contribution in [3.05, 3.63) is 76.6 Å². The highest BCUT2D eigenvalue weighted by atomic mass is 19.1. The van der Waals surface area contributed by atoms with Crippen molar-refractivity contribution in [2.75, 3.05) is 5.43 Å². The van der Waals surface area contributed by atoms with E-state index < -0.39 is 22.3 Å². The zero-order valence-electron chi connectivity index (χ0n) is 13.5. The van der Waals surface area contributed by atoms with Gasteiger partial charge in [-0.25, -0.2) is 9.37 Å². The number of carbonyl (C=O) groups is 1. The summed E-state index contributed by atoms with van der Waals surface area (Å²) in [6.07, 6.45) is 3.86. The number of nitrogens with zero attached hydrogens (tertiary/aromatic N) is 4. The Labute approximate surface area is 151 Å². The van der Waals surface area contributed by atoms with E-state index in [0.29, 0.717) is 0 Å². The summed E-state index contributed by atoms with van der Waals surface area (Å²) >= 11 is 0. The maximum Gasteiger partial charge on any atom is 0.374 e. The molecule has 3 rings (SSSR count). The molecule has 0 atom stereocenters. The summed E-state index contributed by atoms with van der Waals surface area (Å²) in [5.74, 6) is -2.05. The number of halogens is 1. The van der Waals surface area contributed by atoms with Crippen molar-refractivity contribution in [2.24, 2.45) is 0 Å². The van der Waals surface area contributed by atoms with E-state index in [1.54, 1.807) is 6.07 Å². The molecule has 3 aromatic rings. The summed E-state index contributed by atoms with van der Waals surface area (Å²) in [7, 11) is 0. The zero-order chi connectivity index (χ0) is 19.2. The van der Waals surface area contributed by atoms with E-state index in [1.165, 1.54) is 36.7 Å². The number of rotatable bonds is 6. The molecule has 0 spiro atoms. The molecule has 0 radical (unpaired) electrons. The van der Waals surface area contributed by atoms with Crippen LogP contribution in [-0.2, 0) is 0 Å². The molecule has 10 nitrogen and oxygen atoms in total. The fraction of sp³-hybridized carbons (Fsp3) is 0. The monoisotopic (exact) mass is 370 g/mol. The van der Waals surface area contributed by atoms with E-state index >= 15 is 0 Å². The molecule has 2 aromatic heterocycles. The third-order valence-corrected chi connectivity index (χ3v) is 3.23. The van der Waals surface area contributed by atoms with Crippen molar-refractivity contribution in [2.45, 2.75) is 0 Å². The molecule has 136 valence electrons. The Morgan fingerprint density at radius 2 is 2.00 bits per heavy atom. The molecular formula is C16H11FN6O4. The lowest BCUT2D eigenvalue weighted by Crippen LogP contribution is -2.31. The Bertz CT molecular complexity index is 986. The van der Waals surface area contributed by atoms with Crippen LogP contribution in [0.3, 0.4) is 0 Å². The van der Waals surface area contributed by atoms with Crippen LogP contribution in [0, 0.1) is 15.9 Å². The number of aromatic nitrogens is 3. The van der Waals surface area contributed by atoms with E-state index in [4.69, 9.17) is 4.74 Å². The average Bonchev–Trinajstić information content (AvgIpc) is 2.67. The molecule has 2 heterocycles. The highest BCUT2D eigenvalue weighted by Crippen LogP contribution is 2.33. The highest BCUT2D eigenvalue weighted by Gasteiger charge is 2.25. The predicted octanol–water partition coefficient (Wildman–Crippen LogP) is 2.47. The molecule has 0 aliphatic rings. The van der Waals surface area contributed by atoms with Crippen LogP contribution < -0.4 is 15.6 Å². The Kier molecular flexibility index (Phi) is 5.12. The molecule has 0 saturated heterocycles. The highest BCUT2D eigenvalue weighted by molar-refractivity contribution is 5.95. The van der Waals surface area contributed by atoms with Gasteiger partial charge in [0.1, 0.15) is 17.9 Å². The minimum absolute atomic E-state index is 0.223. The fourth-order valence-electron chi connectivity index (χ4n) is 2.04. The molecule has 2 N–H and O–H groups in total. The lowest BCUT2D eigenvalue weighted by atomic mass is 10.2. The minimum Gasteiger partial charge on any atom is -0.432 e. The number of hydrogen-bond donors (Lipinski definition) is 2. The summed E-state index contributed by atoms with van der Waals surface area (Å²) in [5.41, 5.74) is 3.58. The second-order valence-electron chi connectivity index (χ2n) is 4.98. The van der Waals surface area contributed by atoms with Crippen LogP contribution in [0.2, 0.25) is 0 Å². The van der Waals surface area contributed by atoms with Gasteiger partial charge in [0.2, 0.25) is 5.82 Å². The van der Waals surface area contributed by atoms with Crippen molar-refractivity contribution in [1.29, 1.82) is 0 Å². The SMILES string of the molecule is O=C(NNc1ncnc(Oc2cccnc2)c1[N+](=O)[O-])c1ccccc1F. The summed E-state index contributed by atoms with van der Waals surface area (Å²) in [4.78, 5) is 34.0. The Balaban J connectivity index is 1.83. The molecule has 1 amide bonds. The van der Waals surface area contributed by atoms with Gasteiger partial charge in [-0.05, 0) is 24.3 Å². The largest absolute Gasteiger partial charge is 0.432 e. The number of nitro groups is 1. The minimum atomic E-state index is -0.837. The predicted molar refractivity (Wildman–Crippen MR) is 90.5 cm³/mol. The van der Waals surface area contributed by atoms with Crippen LogP contribution in [-0.4, -0.2) is 25.8 Å². The van der Waals surface area contributed by atoms with Crippen molar-refractivity contribution in [1.82, 2.24) is 20.4 Å². The Hall–Kier alpha value is -4.15. The number of anilines is 1. The second-order valence-corrected chi connectivity index (χ2v) is 4.98. The lowest BCUT2D eigenvalue weighted by Gasteiger charge is -2.10. The quantitative estimate of drug-likeness (QED) is 0.499. The molecule has 27 heavy (non-hydrogen) atoms. The van der Waals surface area contributed by atoms with Gasteiger partial charge in [-0.3, -0.25) is 30.7 Å². The molecule has 11 heteroatoms. The van der Waals surface area contributed by atoms with Gasteiger partial charge in [-0.2, -0.15) is 4.98 Å². The summed E-state index contributed by atoms with van der Waals surface area (Å²) in [5, 5.41) is 11.4. The topological polar surface area (TPSA) is 132 Å². The number of nitrogens with one attached hydrogen (secondary N) is 2. The van der Waals surface area contributed by atoms with Crippen LogP contribution in [0.5, 0.6) is 11.6 Å². The van der Waals surface area contributed by atoms with E-state index in [2.05, 4.69) is 25.8 Å². The number of carbonyl (C=O) groups excluding carboxylic acids is 1. The van der Waals surface area contributed by atoms with Crippen LogP contribution in [0.25, 0.3) is 0 Å². The molecule has 0 fully saturated rings. The van der Waals surface area contributed by atoms with Crippen molar-refractivity contribution >= 4 is 17.4 Å². The Morgan fingerprint density at radius 1 is 1.19 bits per heavy atom. The molecule has 0 aliphatic carbocycles. The standard InChI is InChI=1S/C16H11FN6O4/c17-12-6-2-1-5-11(12)15(24)22-21-14-13(23(25)26)16(20-9-19-14)27-10-4-3-7-18-8-10/h1-9H,(H,22,24)(H,19,20,21). The van der Waals surface area contributed by atoms with E-state index in [9.17, 15) is 19.3 Å². The maximum absolute atomic E-state index is 13.6. The van der Waals surface area contributed by atoms with Crippen LogP contribution >= 0.6 is 0 Å². The molecule has 0 aliphatic heterocycles. The van der Waals surface area contributed by atoms with Gasteiger partial charge in [0, 0.05) is 6.20 Å². The number of ether oxygens (including phenoxy) is 1. The first-order valence-corrected chi connectivity index (χ1v) is 7.44. The first-order valence-electron chi connectivity index (χ1n) is 7.44. The normalized spacial score (nSPS) is 10.1. The number of pyridine rings is 1. The summed E-state index contributed by atoms with van der Waals surface area (Å²) < 4.78 is 19.0. The molecule has 0 unspecified atom stereocenters. The smallest absolute Gasteiger partial charge is 0.374 e. The van der Waals surface area contributed by atoms with E-state index in [0.717, 1.165) is 12.4 Å². The van der Waals surface area contributed by atoms with Gasteiger partial charge < -0.3 is 4.74 Å². The zero-order valence-corrected chi connectivity index (χ0v) is 13.5. The van der Waals surface area contributed by atoms with Gasteiger partial charge in [0.25, 0.3) is 5.91 Å². The summed E-state index contributed by atoms with van der Waals surface area (Å²) in [6.45, 7) is 0. The second kappa shape index (κ2) is 7.82. The lowest BCUT2D eigenvalue weighted by molar-refractivity contribution is -0.385. The first kappa shape index (κ1) is 17.7. The van der Waals surface area contributed by atoms with Gasteiger partial charge in [-0.15, -0.1) is 0 Å². The molecular weight excluding hydrogens is 359 g/mol. The summed E-state index contributed by atoms with van der Waals surface area (Å²) in [6, 6.07) is 8.39. The third-order valence-electron chi connectivity index (χ3n) is 3.23. The van der Waals surface area contributed by atoms with E-state index in [-0.39, 0.29) is 23.0 Å². The van der Waals surface area contributed by atoms with Crippen LogP contribution in [0.1, 0.15) is 10.4 Å². The van der Waals surface area contributed by atoms with Crippen molar-refractivity contribution in [3.63, 3.8) is 0 Å². The fourth-order valence-corrected chi connectivity index (χ4v) is 2.04. The van der Waals surface area contributed by atoms with E-state index in [1.807, 2.05) is 0 Å². The number of amides is 1. The van der Waals surface area contributed by atoms with Gasteiger partial charge in [0.15, 0.2) is 0 Å². The molecule has 0 bridgehead atoms. The number of hydrazine groups is 1. The van der Waals surface area contributed by atoms with Crippen LogP contribution in [0.4, 0.5) is 15.9 Å².